The van der Waals surface area contributed by atoms with E-state index in [1.807, 2.05) is 6.07 Å². The Kier molecular flexibility index (Phi) is 6.51. The van der Waals surface area contributed by atoms with E-state index in [1.165, 1.54) is 0 Å². The van der Waals surface area contributed by atoms with E-state index in [0.717, 1.165) is 18.9 Å². The first-order chi connectivity index (χ1) is 12.1. The molecule has 1 amide bonds. The van der Waals surface area contributed by atoms with Gasteiger partial charge in [-0.2, -0.15) is 0 Å². The Morgan fingerprint density at radius 2 is 1.64 bits per heavy atom. The van der Waals surface area contributed by atoms with Crippen LogP contribution in [-0.4, -0.2) is 36.6 Å². The molecule has 0 aliphatic carbocycles. The lowest BCUT2D eigenvalue weighted by atomic mass is 10.2. The normalized spacial score (nSPS) is 10.2. The number of esters is 1. The van der Waals surface area contributed by atoms with Crippen molar-refractivity contribution in [2.24, 2.45) is 0 Å². The van der Waals surface area contributed by atoms with E-state index < -0.39 is 0 Å². The predicted octanol–water partition coefficient (Wildman–Crippen LogP) is 3.36. The first-order valence-electron chi connectivity index (χ1n) is 8.38. The highest BCUT2D eigenvalue weighted by Crippen LogP contribution is 2.14. The zero-order valence-electron chi connectivity index (χ0n) is 14.8. The van der Waals surface area contributed by atoms with Crippen molar-refractivity contribution < 1.29 is 14.3 Å². The Balaban J connectivity index is 2.03. The van der Waals surface area contributed by atoms with Gasteiger partial charge >= 0.3 is 5.97 Å². The minimum Gasteiger partial charge on any atom is -0.462 e. The van der Waals surface area contributed by atoms with E-state index in [2.05, 4.69) is 29.0 Å². The average molecular weight is 341 g/mol. The SMILES string of the molecule is CCOC(=O)c1ccc(NC(=O)c2ccc(N(CC)CC)nc2)cc1. The monoisotopic (exact) mass is 341 g/mol. The standard InChI is InChI=1S/C19H23N3O3/c1-4-22(5-2)17-12-9-15(13-20-17)18(23)21-16-10-7-14(8-11-16)19(24)25-6-3/h7-13H,4-6H2,1-3H3,(H,21,23). The molecule has 2 aromatic rings. The smallest absolute Gasteiger partial charge is 0.338 e. The van der Waals surface area contributed by atoms with Crippen LogP contribution in [-0.2, 0) is 4.74 Å². The zero-order chi connectivity index (χ0) is 18.2. The van der Waals surface area contributed by atoms with Gasteiger partial charge in [-0.15, -0.1) is 0 Å². The summed E-state index contributed by atoms with van der Waals surface area (Å²) in [5.74, 6) is 0.222. The van der Waals surface area contributed by atoms with Gasteiger partial charge in [0.1, 0.15) is 5.82 Å². The molecule has 1 aromatic heterocycles. The zero-order valence-corrected chi connectivity index (χ0v) is 14.8. The summed E-state index contributed by atoms with van der Waals surface area (Å²) < 4.78 is 4.93. The molecule has 25 heavy (non-hydrogen) atoms. The van der Waals surface area contributed by atoms with Crippen molar-refractivity contribution >= 4 is 23.4 Å². The molecule has 6 heteroatoms. The maximum atomic E-state index is 12.3. The Morgan fingerprint density at radius 3 is 2.16 bits per heavy atom. The van der Waals surface area contributed by atoms with E-state index in [-0.39, 0.29) is 11.9 Å². The minimum atomic E-state index is -0.378. The van der Waals surface area contributed by atoms with Crippen LogP contribution in [0, 0.1) is 0 Å². The van der Waals surface area contributed by atoms with Crippen molar-refractivity contribution in [1.29, 1.82) is 0 Å². The fourth-order valence-corrected chi connectivity index (χ4v) is 2.36. The molecule has 1 aromatic carbocycles. The van der Waals surface area contributed by atoms with Gasteiger partial charge in [0.15, 0.2) is 0 Å². The Hall–Kier alpha value is -2.89. The van der Waals surface area contributed by atoms with Crippen molar-refractivity contribution in [2.75, 3.05) is 29.9 Å². The van der Waals surface area contributed by atoms with Crippen LogP contribution in [0.4, 0.5) is 11.5 Å². The molecule has 0 radical (unpaired) electrons. The summed E-state index contributed by atoms with van der Waals surface area (Å²) in [7, 11) is 0. The van der Waals surface area contributed by atoms with Crippen molar-refractivity contribution in [3.8, 4) is 0 Å². The number of pyridine rings is 1. The first kappa shape index (κ1) is 18.4. The number of carbonyl (C=O) groups excluding carboxylic acids is 2. The summed E-state index contributed by atoms with van der Waals surface area (Å²) in [6.45, 7) is 7.93. The molecule has 0 aliphatic rings. The molecule has 0 spiro atoms. The number of nitrogens with one attached hydrogen (secondary N) is 1. The third-order valence-electron chi connectivity index (χ3n) is 3.75. The van der Waals surface area contributed by atoms with Crippen molar-refractivity contribution in [3.63, 3.8) is 0 Å². The van der Waals surface area contributed by atoms with Gasteiger partial charge in [-0.3, -0.25) is 4.79 Å². The number of anilines is 2. The number of benzene rings is 1. The predicted molar refractivity (Wildman–Crippen MR) is 98.1 cm³/mol. The highest BCUT2D eigenvalue weighted by atomic mass is 16.5. The number of ether oxygens (including phenoxy) is 1. The molecular formula is C19H23N3O3. The number of nitrogens with zero attached hydrogens (tertiary/aromatic N) is 2. The van der Waals surface area contributed by atoms with E-state index >= 15 is 0 Å². The summed E-state index contributed by atoms with van der Waals surface area (Å²) in [6.07, 6.45) is 1.57. The van der Waals surface area contributed by atoms with Gasteiger partial charge in [0.05, 0.1) is 17.7 Å². The maximum Gasteiger partial charge on any atom is 0.338 e. The van der Waals surface area contributed by atoms with Gasteiger partial charge in [-0.05, 0) is 57.2 Å². The lowest BCUT2D eigenvalue weighted by molar-refractivity contribution is 0.0526. The van der Waals surface area contributed by atoms with Crippen LogP contribution in [0.3, 0.4) is 0 Å². The Labute approximate surface area is 147 Å². The summed E-state index contributed by atoms with van der Waals surface area (Å²) in [4.78, 5) is 30.4. The minimum absolute atomic E-state index is 0.248. The lowest BCUT2D eigenvalue weighted by Gasteiger charge is -2.19. The number of amides is 1. The van der Waals surface area contributed by atoms with Gasteiger partial charge in [-0.1, -0.05) is 0 Å². The third kappa shape index (κ3) is 4.79. The number of hydrogen-bond donors (Lipinski definition) is 1. The quantitative estimate of drug-likeness (QED) is 0.782. The largest absolute Gasteiger partial charge is 0.462 e. The average Bonchev–Trinajstić information content (AvgIpc) is 2.64. The molecule has 0 fully saturated rings. The van der Waals surface area contributed by atoms with Crippen LogP contribution in [0.5, 0.6) is 0 Å². The van der Waals surface area contributed by atoms with Crippen LogP contribution < -0.4 is 10.2 Å². The van der Waals surface area contributed by atoms with E-state index in [1.54, 1.807) is 43.5 Å². The highest BCUT2D eigenvalue weighted by molar-refractivity contribution is 6.04. The topological polar surface area (TPSA) is 71.5 Å². The van der Waals surface area contributed by atoms with Gasteiger partial charge in [0.25, 0.3) is 5.91 Å². The van der Waals surface area contributed by atoms with Crippen molar-refractivity contribution in [3.05, 3.63) is 53.7 Å². The highest BCUT2D eigenvalue weighted by Gasteiger charge is 2.10. The number of hydrogen-bond acceptors (Lipinski definition) is 5. The molecule has 6 nitrogen and oxygen atoms in total. The molecule has 0 unspecified atom stereocenters. The third-order valence-corrected chi connectivity index (χ3v) is 3.75. The second-order valence-corrected chi connectivity index (χ2v) is 5.33. The molecule has 1 heterocycles. The molecule has 0 saturated carbocycles. The molecule has 0 bridgehead atoms. The molecule has 1 N–H and O–H groups in total. The van der Waals surface area contributed by atoms with Crippen LogP contribution in [0.2, 0.25) is 0 Å². The molecular weight excluding hydrogens is 318 g/mol. The van der Waals surface area contributed by atoms with Crippen LogP contribution in [0.15, 0.2) is 42.6 Å². The van der Waals surface area contributed by atoms with Crippen LogP contribution >= 0.6 is 0 Å². The summed E-state index contributed by atoms with van der Waals surface area (Å²) in [6, 6.07) is 10.2. The Morgan fingerprint density at radius 1 is 1.00 bits per heavy atom. The molecule has 0 saturated heterocycles. The van der Waals surface area contributed by atoms with Crippen LogP contribution in [0.1, 0.15) is 41.5 Å². The molecule has 2 rings (SSSR count). The molecule has 132 valence electrons. The fraction of sp³-hybridized carbons (Fsp3) is 0.316. The second-order valence-electron chi connectivity index (χ2n) is 5.33. The lowest BCUT2D eigenvalue weighted by Crippen LogP contribution is -2.23. The summed E-state index contributed by atoms with van der Waals surface area (Å²) in [5, 5.41) is 2.79. The molecule has 0 aliphatic heterocycles. The van der Waals surface area contributed by atoms with E-state index in [0.29, 0.717) is 23.4 Å². The van der Waals surface area contributed by atoms with Crippen molar-refractivity contribution in [1.82, 2.24) is 4.98 Å². The number of carbonyl (C=O) groups is 2. The van der Waals surface area contributed by atoms with Crippen LogP contribution in [0.25, 0.3) is 0 Å². The van der Waals surface area contributed by atoms with E-state index in [9.17, 15) is 9.59 Å². The summed E-state index contributed by atoms with van der Waals surface area (Å²) >= 11 is 0. The second kappa shape index (κ2) is 8.82. The molecule has 0 atom stereocenters. The number of aromatic nitrogens is 1. The fourth-order valence-electron chi connectivity index (χ4n) is 2.36. The van der Waals surface area contributed by atoms with E-state index in [4.69, 9.17) is 4.74 Å². The maximum absolute atomic E-state index is 12.3. The van der Waals surface area contributed by atoms with Gasteiger partial charge in [0, 0.05) is 25.0 Å². The summed E-state index contributed by atoms with van der Waals surface area (Å²) in [5.41, 5.74) is 1.53. The van der Waals surface area contributed by atoms with Gasteiger partial charge in [-0.25, -0.2) is 9.78 Å². The van der Waals surface area contributed by atoms with Gasteiger partial charge in [0.2, 0.25) is 0 Å². The Bertz CT molecular complexity index is 708. The van der Waals surface area contributed by atoms with Gasteiger partial charge < -0.3 is 15.0 Å². The first-order valence-corrected chi connectivity index (χ1v) is 8.38. The van der Waals surface area contributed by atoms with Crippen molar-refractivity contribution in [2.45, 2.75) is 20.8 Å². The number of rotatable bonds is 7.